The monoisotopic (exact) mass is 328 g/mol. The van der Waals surface area contributed by atoms with Crippen LogP contribution in [0.15, 0.2) is 24.3 Å². The first-order valence-electron chi connectivity index (χ1n) is 6.52. The first kappa shape index (κ1) is 17.0. The topological polar surface area (TPSA) is 46.5 Å². The Hall–Kier alpha value is -2.41. The Balaban J connectivity index is 2.59. The van der Waals surface area contributed by atoms with Crippen LogP contribution in [0.5, 0.6) is 0 Å². The van der Waals surface area contributed by atoms with E-state index in [0.717, 1.165) is 7.11 Å². The van der Waals surface area contributed by atoms with Crippen LogP contribution in [-0.4, -0.2) is 18.2 Å². The molecule has 2 aromatic rings. The van der Waals surface area contributed by atoms with Crippen LogP contribution < -0.4 is 0 Å². The normalized spacial score (nSPS) is 10.7. The molecule has 3 nitrogen and oxygen atoms in total. The number of ether oxygens (including phenoxy) is 1. The van der Waals surface area contributed by atoms with Crippen molar-refractivity contribution in [1.29, 1.82) is 0 Å². The van der Waals surface area contributed by atoms with Crippen LogP contribution in [0.1, 0.15) is 11.1 Å². The number of benzene rings is 2. The maximum absolute atomic E-state index is 14.1. The van der Waals surface area contributed by atoms with E-state index >= 15 is 0 Å². The molecule has 23 heavy (non-hydrogen) atoms. The molecule has 0 saturated heterocycles. The molecule has 0 heterocycles. The van der Waals surface area contributed by atoms with Crippen molar-refractivity contribution in [3.8, 4) is 11.1 Å². The zero-order valence-electron chi connectivity index (χ0n) is 12.0. The Kier molecular flexibility index (Phi) is 5.00. The van der Waals surface area contributed by atoms with Crippen molar-refractivity contribution in [3.05, 3.63) is 58.7 Å². The predicted octanol–water partition coefficient (Wildman–Crippen LogP) is 3.12. The van der Waals surface area contributed by atoms with Gasteiger partial charge < -0.3 is 9.84 Å². The summed E-state index contributed by atoms with van der Waals surface area (Å²) in [6, 6.07) is 5.19. The van der Waals surface area contributed by atoms with Gasteiger partial charge in [0.1, 0.15) is 0 Å². The summed E-state index contributed by atoms with van der Waals surface area (Å²) in [5.41, 5.74) is -1.53. The second-order valence-electron chi connectivity index (χ2n) is 4.72. The molecule has 0 amide bonds. The predicted molar refractivity (Wildman–Crippen MR) is 73.4 cm³/mol. The molecule has 122 valence electrons. The van der Waals surface area contributed by atoms with Crippen molar-refractivity contribution in [1.82, 2.24) is 0 Å². The minimum Gasteiger partial charge on any atom is -0.469 e. The minimum atomic E-state index is -1.64. The van der Waals surface area contributed by atoms with E-state index in [1.165, 1.54) is 24.3 Å². The second-order valence-corrected chi connectivity index (χ2v) is 4.72. The number of carbonyl (C=O) groups is 1. The lowest BCUT2D eigenvalue weighted by Crippen LogP contribution is -2.12. The number of rotatable bonds is 4. The van der Waals surface area contributed by atoms with Crippen molar-refractivity contribution in [3.63, 3.8) is 0 Å². The quantitative estimate of drug-likeness (QED) is 0.533. The summed E-state index contributed by atoms with van der Waals surface area (Å²) in [5, 5.41) is 8.93. The third-order valence-electron chi connectivity index (χ3n) is 3.33. The number of aliphatic hydroxyl groups is 1. The maximum Gasteiger partial charge on any atom is 0.310 e. The fourth-order valence-corrected chi connectivity index (χ4v) is 2.08. The van der Waals surface area contributed by atoms with E-state index in [1.54, 1.807) is 0 Å². The highest BCUT2D eigenvalue weighted by molar-refractivity contribution is 5.74. The first-order valence-corrected chi connectivity index (χ1v) is 6.52. The van der Waals surface area contributed by atoms with Gasteiger partial charge in [-0.3, -0.25) is 4.79 Å². The molecule has 0 aromatic heterocycles. The molecule has 0 fully saturated rings. The molecule has 0 unspecified atom stereocenters. The third kappa shape index (κ3) is 3.19. The maximum atomic E-state index is 14.1. The first-order chi connectivity index (χ1) is 10.9. The number of carbonyl (C=O) groups excluding carboxylic acids is 1. The summed E-state index contributed by atoms with van der Waals surface area (Å²) in [7, 11) is 0.988. The van der Waals surface area contributed by atoms with E-state index < -0.39 is 46.8 Å². The van der Waals surface area contributed by atoms with Crippen LogP contribution in [0.2, 0.25) is 0 Å². The molecule has 0 spiro atoms. The minimum absolute atomic E-state index is 0.0976. The van der Waals surface area contributed by atoms with Crippen LogP contribution in [0.3, 0.4) is 0 Å². The third-order valence-corrected chi connectivity index (χ3v) is 3.33. The largest absolute Gasteiger partial charge is 0.469 e. The van der Waals surface area contributed by atoms with Gasteiger partial charge in [0, 0.05) is 5.56 Å². The molecular weight excluding hydrogens is 316 g/mol. The average Bonchev–Trinajstić information content (AvgIpc) is 2.57. The van der Waals surface area contributed by atoms with Crippen molar-refractivity contribution in [2.75, 3.05) is 7.11 Å². The molecule has 0 aliphatic rings. The molecule has 1 N–H and O–H groups in total. The molecule has 0 bridgehead atoms. The summed E-state index contributed by atoms with van der Waals surface area (Å²) in [5.74, 6) is -7.51. The zero-order valence-corrected chi connectivity index (χ0v) is 12.0. The van der Waals surface area contributed by atoms with Crippen molar-refractivity contribution in [2.24, 2.45) is 0 Å². The lowest BCUT2D eigenvalue weighted by Gasteiger charge is -2.12. The van der Waals surface area contributed by atoms with Crippen LogP contribution in [0.4, 0.5) is 17.6 Å². The van der Waals surface area contributed by atoms with Gasteiger partial charge in [0.05, 0.1) is 25.7 Å². The van der Waals surface area contributed by atoms with E-state index in [4.69, 9.17) is 5.11 Å². The molecule has 0 saturated carbocycles. The molecule has 2 aromatic carbocycles. The summed E-state index contributed by atoms with van der Waals surface area (Å²) < 4.78 is 60.5. The van der Waals surface area contributed by atoms with E-state index in [-0.39, 0.29) is 12.2 Å². The Bertz CT molecular complexity index is 713. The smallest absolute Gasteiger partial charge is 0.310 e. The summed E-state index contributed by atoms with van der Waals surface area (Å²) in [4.78, 5) is 11.1. The number of esters is 1. The Morgan fingerprint density at radius 2 is 1.52 bits per heavy atom. The summed E-state index contributed by atoms with van der Waals surface area (Å²) >= 11 is 0. The Morgan fingerprint density at radius 3 is 1.96 bits per heavy atom. The fraction of sp³-hybridized carbons (Fsp3) is 0.188. The second kappa shape index (κ2) is 6.78. The number of aliphatic hydroxyl groups excluding tert-OH is 1. The van der Waals surface area contributed by atoms with Gasteiger partial charge in [-0.15, -0.1) is 0 Å². The van der Waals surface area contributed by atoms with E-state index in [9.17, 15) is 22.4 Å². The number of hydrogen-bond acceptors (Lipinski definition) is 3. The van der Waals surface area contributed by atoms with Gasteiger partial charge in [-0.1, -0.05) is 24.3 Å². The molecule has 2 rings (SSSR count). The summed E-state index contributed by atoms with van der Waals surface area (Å²) in [6.07, 6.45) is -0.925. The lowest BCUT2D eigenvalue weighted by molar-refractivity contribution is -0.139. The van der Waals surface area contributed by atoms with E-state index in [2.05, 4.69) is 4.74 Å². The highest BCUT2D eigenvalue weighted by Gasteiger charge is 2.27. The van der Waals surface area contributed by atoms with Gasteiger partial charge in [0.15, 0.2) is 23.3 Å². The lowest BCUT2D eigenvalue weighted by atomic mass is 9.99. The molecule has 0 atom stereocenters. The van der Waals surface area contributed by atoms with Gasteiger partial charge >= 0.3 is 5.97 Å². The number of methoxy groups -OCH3 is 1. The van der Waals surface area contributed by atoms with Crippen LogP contribution >= 0.6 is 0 Å². The van der Waals surface area contributed by atoms with E-state index in [1.807, 2.05) is 0 Å². The van der Waals surface area contributed by atoms with Crippen molar-refractivity contribution < 1.29 is 32.2 Å². The van der Waals surface area contributed by atoms with Crippen LogP contribution in [0, 0.1) is 23.3 Å². The Morgan fingerprint density at radius 1 is 1.00 bits per heavy atom. The molecule has 0 aliphatic heterocycles. The van der Waals surface area contributed by atoms with Gasteiger partial charge in [-0.25, -0.2) is 17.6 Å². The average molecular weight is 328 g/mol. The zero-order chi connectivity index (χ0) is 17.1. The van der Waals surface area contributed by atoms with Gasteiger partial charge in [-0.2, -0.15) is 0 Å². The van der Waals surface area contributed by atoms with Gasteiger partial charge in [0.2, 0.25) is 0 Å². The highest BCUT2D eigenvalue weighted by Crippen LogP contribution is 2.32. The summed E-state index contributed by atoms with van der Waals surface area (Å²) in [6.45, 7) is -0.286. The molecule has 0 aliphatic carbocycles. The Labute approximate surface area is 129 Å². The molecule has 0 radical (unpaired) electrons. The molecular formula is C16H12F4O3. The molecule has 7 heteroatoms. The fourth-order valence-electron chi connectivity index (χ4n) is 2.08. The highest BCUT2D eigenvalue weighted by atomic mass is 19.2. The number of halogens is 4. The standard InChI is InChI=1S/C16H12F4O3/c1-23-11(22)6-10-13(17)15(19)12(16(20)14(10)18)9-4-2-8(7-21)3-5-9/h2-5,21H,6-7H2,1H3. The van der Waals surface area contributed by atoms with E-state index in [0.29, 0.717) is 5.56 Å². The van der Waals surface area contributed by atoms with Crippen LogP contribution in [-0.2, 0) is 22.6 Å². The van der Waals surface area contributed by atoms with Crippen molar-refractivity contribution >= 4 is 5.97 Å². The SMILES string of the molecule is COC(=O)Cc1c(F)c(F)c(-c2ccc(CO)cc2)c(F)c1F. The van der Waals surface area contributed by atoms with Crippen LogP contribution in [0.25, 0.3) is 11.1 Å². The van der Waals surface area contributed by atoms with Gasteiger partial charge in [0.25, 0.3) is 0 Å². The van der Waals surface area contributed by atoms with Crippen molar-refractivity contribution in [2.45, 2.75) is 13.0 Å². The number of hydrogen-bond donors (Lipinski definition) is 1. The van der Waals surface area contributed by atoms with Gasteiger partial charge in [-0.05, 0) is 11.1 Å².